The van der Waals surface area contributed by atoms with Crippen molar-refractivity contribution in [1.82, 2.24) is 4.98 Å². The molecule has 0 spiro atoms. The summed E-state index contributed by atoms with van der Waals surface area (Å²) in [5.41, 5.74) is 3.30. The highest BCUT2D eigenvalue weighted by Gasteiger charge is 2.07. The van der Waals surface area contributed by atoms with Crippen LogP contribution in [0.3, 0.4) is 0 Å². The summed E-state index contributed by atoms with van der Waals surface area (Å²) in [4.78, 5) is 16.4. The van der Waals surface area contributed by atoms with E-state index >= 15 is 0 Å². The van der Waals surface area contributed by atoms with E-state index in [1.54, 1.807) is 6.20 Å². The maximum absolute atomic E-state index is 12.1. The van der Waals surface area contributed by atoms with Gasteiger partial charge >= 0.3 is 6.03 Å². The highest BCUT2D eigenvalue weighted by molar-refractivity contribution is 5.99. The van der Waals surface area contributed by atoms with Gasteiger partial charge in [0.05, 0.1) is 11.9 Å². The maximum atomic E-state index is 12.1. The molecule has 5 nitrogen and oxygen atoms in total. The predicted octanol–water partition coefficient (Wildman–Crippen LogP) is 5.13. The second-order valence-electron chi connectivity index (χ2n) is 5.71. The van der Waals surface area contributed by atoms with Crippen molar-refractivity contribution in [2.24, 2.45) is 0 Å². The molecule has 0 bridgehead atoms. The summed E-state index contributed by atoms with van der Waals surface area (Å²) in [6.45, 7) is 3.88. The van der Waals surface area contributed by atoms with Gasteiger partial charge in [-0.15, -0.1) is 0 Å². The smallest absolute Gasteiger partial charge is 0.323 e. The topological polar surface area (TPSA) is 63.2 Å². The van der Waals surface area contributed by atoms with Gasteiger partial charge in [-0.2, -0.15) is 0 Å². The molecule has 0 saturated heterocycles. The van der Waals surface area contributed by atoms with Crippen LogP contribution in [0.1, 0.15) is 11.1 Å². The molecule has 3 aromatic rings. The number of hydrogen-bond acceptors (Lipinski definition) is 3. The molecule has 0 aliphatic heterocycles. The lowest BCUT2D eigenvalue weighted by atomic mass is 10.2. The number of benzene rings is 2. The minimum absolute atomic E-state index is 0.318. The van der Waals surface area contributed by atoms with E-state index in [0.717, 1.165) is 22.6 Å². The molecule has 1 heterocycles. The first-order valence-corrected chi connectivity index (χ1v) is 7.94. The Hall–Kier alpha value is -3.34. The number of pyridine rings is 1. The SMILES string of the molecule is Cc1ccc(NC(=O)Nc2cnc(Oc3ccccc3)c(C)c2)cc1. The van der Waals surface area contributed by atoms with Gasteiger partial charge in [0.2, 0.25) is 5.88 Å². The van der Waals surface area contributed by atoms with Crippen LogP contribution in [-0.2, 0) is 0 Å². The summed E-state index contributed by atoms with van der Waals surface area (Å²) in [6, 6.07) is 18.5. The lowest BCUT2D eigenvalue weighted by Crippen LogP contribution is -2.19. The van der Waals surface area contributed by atoms with Gasteiger partial charge in [0.15, 0.2) is 0 Å². The zero-order valence-corrected chi connectivity index (χ0v) is 14.1. The molecule has 1 aromatic heterocycles. The zero-order valence-electron chi connectivity index (χ0n) is 14.1. The molecule has 3 rings (SSSR count). The number of nitrogens with zero attached hydrogens (tertiary/aromatic N) is 1. The number of hydrogen-bond donors (Lipinski definition) is 2. The van der Waals surface area contributed by atoms with Gasteiger partial charge in [0.25, 0.3) is 0 Å². The first-order chi connectivity index (χ1) is 12.1. The third-order valence-corrected chi connectivity index (χ3v) is 3.56. The van der Waals surface area contributed by atoms with Crippen molar-refractivity contribution < 1.29 is 9.53 Å². The number of para-hydroxylation sites is 1. The van der Waals surface area contributed by atoms with Gasteiger partial charge < -0.3 is 15.4 Å². The predicted molar refractivity (Wildman–Crippen MR) is 99.3 cm³/mol. The summed E-state index contributed by atoms with van der Waals surface area (Å²) in [7, 11) is 0. The number of rotatable bonds is 4. The molecule has 0 aliphatic rings. The Morgan fingerprint density at radius 1 is 0.920 bits per heavy atom. The van der Waals surface area contributed by atoms with E-state index in [-0.39, 0.29) is 6.03 Å². The Bertz CT molecular complexity index is 862. The molecule has 2 amide bonds. The molecular formula is C20H19N3O2. The van der Waals surface area contributed by atoms with Gasteiger partial charge in [0, 0.05) is 11.3 Å². The Balaban J connectivity index is 1.64. The van der Waals surface area contributed by atoms with Gasteiger partial charge in [0.1, 0.15) is 5.75 Å². The summed E-state index contributed by atoms with van der Waals surface area (Å²) in [5.74, 6) is 1.23. The summed E-state index contributed by atoms with van der Waals surface area (Å²) < 4.78 is 5.74. The fourth-order valence-electron chi connectivity index (χ4n) is 2.27. The lowest BCUT2D eigenvalue weighted by molar-refractivity contribution is 0.262. The van der Waals surface area contributed by atoms with Crippen molar-refractivity contribution in [3.8, 4) is 11.6 Å². The Morgan fingerprint density at radius 3 is 2.28 bits per heavy atom. The third-order valence-electron chi connectivity index (χ3n) is 3.56. The number of aromatic nitrogens is 1. The molecule has 0 atom stereocenters. The van der Waals surface area contributed by atoms with Gasteiger partial charge in [-0.25, -0.2) is 9.78 Å². The normalized spacial score (nSPS) is 10.2. The van der Waals surface area contributed by atoms with Crippen molar-refractivity contribution >= 4 is 17.4 Å². The molecule has 0 radical (unpaired) electrons. The fraction of sp³-hybridized carbons (Fsp3) is 0.100. The molecule has 5 heteroatoms. The summed E-state index contributed by atoms with van der Waals surface area (Å²) in [6.07, 6.45) is 1.57. The number of carbonyl (C=O) groups excluding carboxylic acids is 1. The van der Waals surface area contributed by atoms with Crippen LogP contribution in [0.5, 0.6) is 11.6 Å². The number of anilines is 2. The van der Waals surface area contributed by atoms with Crippen molar-refractivity contribution in [2.75, 3.05) is 10.6 Å². The molecule has 0 saturated carbocycles. The molecule has 0 fully saturated rings. The Morgan fingerprint density at radius 2 is 1.60 bits per heavy atom. The van der Waals surface area contributed by atoms with Crippen LogP contribution in [0.4, 0.5) is 16.2 Å². The first kappa shape index (κ1) is 16.5. The number of urea groups is 1. The van der Waals surface area contributed by atoms with Crippen molar-refractivity contribution in [3.05, 3.63) is 78.0 Å². The lowest BCUT2D eigenvalue weighted by Gasteiger charge is -2.11. The fourth-order valence-corrected chi connectivity index (χ4v) is 2.27. The van der Waals surface area contributed by atoms with Gasteiger partial charge in [-0.05, 0) is 44.2 Å². The van der Waals surface area contributed by atoms with Crippen LogP contribution in [0.15, 0.2) is 66.9 Å². The van der Waals surface area contributed by atoms with Crippen LogP contribution >= 0.6 is 0 Å². The average molecular weight is 333 g/mol. The first-order valence-electron chi connectivity index (χ1n) is 7.94. The molecule has 25 heavy (non-hydrogen) atoms. The van der Waals surface area contributed by atoms with E-state index in [1.807, 2.05) is 74.5 Å². The van der Waals surface area contributed by atoms with E-state index in [0.29, 0.717) is 11.6 Å². The van der Waals surface area contributed by atoms with Crippen molar-refractivity contribution in [1.29, 1.82) is 0 Å². The van der Waals surface area contributed by atoms with Crippen molar-refractivity contribution in [2.45, 2.75) is 13.8 Å². The van der Waals surface area contributed by atoms with Crippen LogP contribution in [0.25, 0.3) is 0 Å². The second kappa shape index (κ2) is 7.49. The Kier molecular flexibility index (Phi) is 4.95. The molecule has 2 N–H and O–H groups in total. The maximum Gasteiger partial charge on any atom is 0.323 e. The van der Waals surface area contributed by atoms with E-state index in [1.165, 1.54) is 0 Å². The number of amides is 2. The van der Waals surface area contributed by atoms with E-state index in [9.17, 15) is 4.79 Å². The third kappa shape index (κ3) is 4.57. The minimum atomic E-state index is -0.318. The quantitative estimate of drug-likeness (QED) is 0.695. The van der Waals surface area contributed by atoms with Crippen LogP contribution in [0.2, 0.25) is 0 Å². The van der Waals surface area contributed by atoms with Crippen molar-refractivity contribution in [3.63, 3.8) is 0 Å². The minimum Gasteiger partial charge on any atom is -0.439 e. The van der Waals surface area contributed by atoms with E-state index in [4.69, 9.17) is 4.74 Å². The van der Waals surface area contributed by atoms with Crippen LogP contribution in [0, 0.1) is 13.8 Å². The number of aryl methyl sites for hydroxylation is 2. The number of ether oxygens (including phenoxy) is 1. The molecule has 0 aliphatic carbocycles. The van der Waals surface area contributed by atoms with Crippen LogP contribution < -0.4 is 15.4 Å². The summed E-state index contributed by atoms with van der Waals surface area (Å²) >= 11 is 0. The molecule has 2 aromatic carbocycles. The van der Waals surface area contributed by atoms with Gasteiger partial charge in [-0.1, -0.05) is 35.9 Å². The number of carbonyl (C=O) groups is 1. The second-order valence-corrected chi connectivity index (χ2v) is 5.71. The van der Waals surface area contributed by atoms with Crippen LogP contribution in [-0.4, -0.2) is 11.0 Å². The molecular weight excluding hydrogens is 314 g/mol. The zero-order chi connectivity index (χ0) is 17.6. The van der Waals surface area contributed by atoms with Gasteiger partial charge in [-0.3, -0.25) is 0 Å². The largest absolute Gasteiger partial charge is 0.439 e. The highest BCUT2D eigenvalue weighted by atomic mass is 16.5. The standard InChI is InChI=1S/C20H19N3O2/c1-14-8-10-16(11-9-14)22-20(24)23-17-12-15(2)19(21-13-17)25-18-6-4-3-5-7-18/h3-13H,1-2H3,(H2,22,23,24). The monoisotopic (exact) mass is 333 g/mol. The molecule has 0 unspecified atom stereocenters. The molecule has 126 valence electrons. The van der Waals surface area contributed by atoms with E-state index < -0.39 is 0 Å². The Labute approximate surface area is 146 Å². The number of nitrogens with one attached hydrogen (secondary N) is 2. The average Bonchev–Trinajstić information content (AvgIpc) is 2.60. The van der Waals surface area contributed by atoms with E-state index in [2.05, 4.69) is 15.6 Å². The highest BCUT2D eigenvalue weighted by Crippen LogP contribution is 2.24. The summed E-state index contributed by atoms with van der Waals surface area (Å²) in [5, 5.41) is 5.55.